The second kappa shape index (κ2) is 7.85. The lowest BCUT2D eigenvalue weighted by Crippen LogP contribution is -2.21. The molecule has 3 rings (SSSR count). The molecule has 0 radical (unpaired) electrons. The molecule has 1 aliphatic rings. The quantitative estimate of drug-likeness (QED) is 0.671. The molecule has 3 heteroatoms. The third-order valence-electron chi connectivity index (χ3n) is 4.58. The number of rotatable bonds is 6. The van der Waals surface area contributed by atoms with Gasteiger partial charge in [-0.25, -0.2) is 0 Å². The molecule has 122 valence electrons. The molecule has 0 N–H and O–H groups in total. The molecule has 1 atom stereocenters. The van der Waals surface area contributed by atoms with Crippen LogP contribution in [0.4, 0.5) is 0 Å². The minimum atomic E-state index is 0.584. The highest BCUT2D eigenvalue weighted by atomic mass is 35.5. The minimum absolute atomic E-state index is 0.584. The molecule has 0 bridgehead atoms. The molecule has 1 unspecified atom stereocenters. The third kappa shape index (κ3) is 4.73. The lowest BCUT2D eigenvalue weighted by atomic mass is 9.97. The van der Waals surface area contributed by atoms with E-state index in [4.69, 9.17) is 16.3 Å². The number of halogens is 1. The number of nitrogens with zero attached hydrogens (tertiary/aromatic N) is 1. The smallest absolute Gasteiger partial charge is 0.127 e. The molecule has 0 saturated carbocycles. The Hall–Kier alpha value is -1.51. The van der Waals surface area contributed by atoms with Crippen LogP contribution in [0.2, 0.25) is 5.02 Å². The zero-order chi connectivity index (χ0) is 16.1. The van der Waals surface area contributed by atoms with Crippen molar-refractivity contribution < 1.29 is 4.74 Å². The molecule has 2 aromatic carbocycles. The van der Waals surface area contributed by atoms with E-state index >= 15 is 0 Å². The largest absolute Gasteiger partial charge is 0.457 e. The van der Waals surface area contributed by atoms with E-state index in [-0.39, 0.29) is 0 Å². The molecular formula is C20H24ClNO. The Morgan fingerprint density at radius 3 is 2.13 bits per heavy atom. The van der Waals surface area contributed by atoms with E-state index in [1.165, 1.54) is 44.5 Å². The van der Waals surface area contributed by atoms with Crippen molar-refractivity contribution in [2.75, 3.05) is 19.6 Å². The summed E-state index contributed by atoms with van der Waals surface area (Å²) in [5, 5.41) is 0.722. The van der Waals surface area contributed by atoms with E-state index in [9.17, 15) is 0 Å². The summed E-state index contributed by atoms with van der Waals surface area (Å²) in [4.78, 5) is 2.58. The maximum atomic E-state index is 5.89. The van der Waals surface area contributed by atoms with Crippen LogP contribution in [0.1, 0.15) is 37.7 Å². The zero-order valence-corrected chi connectivity index (χ0v) is 14.4. The van der Waals surface area contributed by atoms with Crippen LogP contribution < -0.4 is 4.74 Å². The van der Waals surface area contributed by atoms with Crippen molar-refractivity contribution in [3.63, 3.8) is 0 Å². The predicted molar refractivity (Wildman–Crippen MR) is 96.7 cm³/mol. The van der Waals surface area contributed by atoms with Gasteiger partial charge in [0.1, 0.15) is 11.5 Å². The van der Waals surface area contributed by atoms with Gasteiger partial charge in [-0.3, -0.25) is 0 Å². The zero-order valence-electron chi connectivity index (χ0n) is 13.7. The Morgan fingerprint density at radius 1 is 0.957 bits per heavy atom. The Morgan fingerprint density at radius 2 is 1.52 bits per heavy atom. The number of ether oxygens (including phenoxy) is 1. The summed E-state index contributed by atoms with van der Waals surface area (Å²) in [6, 6.07) is 15.9. The summed E-state index contributed by atoms with van der Waals surface area (Å²) in [5.74, 6) is 2.26. The van der Waals surface area contributed by atoms with Crippen molar-refractivity contribution in [1.82, 2.24) is 4.90 Å². The maximum Gasteiger partial charge on any atom is 0.127 e. The molecule has 0 aliphatic carbocycles. The van der Waals surface area contributed by atoms with E-state index in [0.717, 1.165) is 16.5 Å². The van der Waals surface area contributed by atoms with Crippen LogP contribution in [0.3, 0.4) is 0 Å². The van der Waals surface area contributed by atoms with Crippen LogP contribution in [0.25, 0.3) is 0 Å². The Balaban J connectivity index is 1.54. The molecule has 1 aliphatic heterocycles. The Bertz CT molecular complexity index is 603. The fourth-order valence-electron chi connectivity index (χ4n) is 3.05. The number of likely N-dealkylation sites (tertiary alicyclic amines) is 1. The second-order valence-corrected chi connectivity index (χ2v) is 6.80. The summed E-state index contributed by atoms with van der Waals surface area (Å²) in [6.45, 7) is 6.08. The van der Waals surface area contributed by atoms with E-state index in [0.29, 0.717) is 5.92 Å². The lowest BCUT2D eigenvalue weighted by molar-refractivity contribution is 0.324. The summed E-state index contributed by atoms with van der Waals surface area (Å²) >= 11 is 5.89. The van der Waals surface area contributed by atoms with Crippen LogP contribution in [0.15, 0.2) is 48.5 Å². The van der Waals surface area contributed by atoms with Gasteiger partial charge in [0, 0.05) is 5.02 Å². The summed E-state index contributed by atoms with van der Waals surface area (Å²) < 4.78 is 5.84. The average Bonchev–Trinajstić information content (AvgIpc) is 3.09. The van der Waals surface area contributed by atoms with Gasteiger partial charge in [-0.05, 0) is 86.8 Å². The summed E-state index contributed by atoms with van der Waals surface area (Å²) in [6.07, 6.45) is 3.95. The molecule has 2 nitrogen and oxygen atoms in total. The SMILES string of the molecule is CC(CCN1CCCC1)c1ccc(Oc2ccc(Cl)cc2)cc1. The molecule has 1 fully saturated rings. The molecule has 2 aromatic rings. The first-order valence-corrected chi connectivity index (χ1v) is 8.84. The molecule has 0 amide bonds. The summed E-state index contributed by atoms with van der Waals surface area (Å²) in [7, 11) is 0. The van der Waals surface area contributed by atoms with Crippen molar-refractivity contribution in [1.29, 1.82) is 0 Å². The van der Waals surface area contributed by atoms with Crippen LogP contribution in [0, 0.1) is 0 Å². The van der Waals surface area contributed by atoms with Crippen LogP contribution >= 0.6 is 11.6 Å². The molecule has 1 heterocycles. The van der Waals surface area contributed by atoms with Gasteiger partial charge < -0.3 is 9.64 Å². The monoisotopic (exact) mass is 329 g/mol. The fourth-order valence-corrected chi connectivity index (χ4v) is 3.18. The van der Waals surface area contributed by atoms with Crippen molar-refractivity contribution in [3.8, 4) is 11.5 Å². The summed E-state index contributed by atoms with van der Waals surface area (Å²) in [5.41, 5.74) is 1.38. The van der Waals surface area contributed by atoms with E-state index in [1.54, 1.807) is 0 Å². The van der Waals surface area contributed by atoms with Crippen molar-refractivity contribution in [2.24, 2.45) is 0 Å². The molecule has 0 spiro atoms. The number of hydrogen-bond acceptors (Lipinski definition) is 2. The highest BCUT2D eigenvalue weighted by Gasteiger charge is 2.13. The highest BCUT2D eigenvalue weighted by Crippen LogP contribution is 2.26. The van der Waals surface area contributed by atoms with Gasteiger partial charge in [-0.1, -0.05) is 30.7 Å². The molecular weight excluding hydrogens is 306 g/mol. The first-order chi connectivity index (χ1) is 11.2. The van der Waals surface area contributed by atoms with Crippen LogP contribution in [-0.4, -0.2) is 24.5 Å². The van der Waals surface area contributed by atoms with Gasteiger partial charge in [0.15, 0.2) is 0 Å². The Labute approximate surface area is 144 Å². The average molecular weight is 330 g/mol. The minimum Gasteiger partial charge on any atom is -0.457 e. The van der Waals surface area contributed by atoms with Crippen LogP contribution in [-0.2, 0) is 0 Å². The van der Waals surface area contributed by atoms with Crippen molar-refractivity contribution in [3.05, 3.63) is 59.1 Å². The standard InChI is InChI=1S/C20H24ClNO/c1-16(12-15-22-13-2-3-14-22)17-4-8-19(9-5-17)23-20-10-6-18(21)7-11-20/h4-11,16H,2-3,12-15H2,1H3. The number of hydrogen-bond donors (Lipinski definition) is 0. The van der Waals surface area contributed by atoms with Gasteiger partial charge in [0.25, 0.3) is 0 Å². The first-order valence-electron chi connectivity index (χ1n) is 8.46. The van der Waals surface area contributed by atoms with Gasteiger partial charge in [0.05, 0.1) is 0 Å². The number of benzene rings is 2. The predicted octanol–water partition coefficient (Wildman–Crippen LogP) is 5.72. The van der Waals surface area contributed by atoms with Gasteiger partial charge in [-0.15, -0.1) is 0 Å². The van der Waals surface area contributed by atoms with Gasteiger partial charge >= 0.3 is 0 Å². The molecule has 1 saturated heterocycles. The highest BCUT2D eigenvalue weighted by molar-refractivity contribution is 6.30. The van der Waals surface area contributed by atoms with Crippen molar-refractivity contribution >= 4 is 11.6 Å². The molecule has 23 heavy (non-hydrogen) atoms. The van der Waals surface area contributed by atoms with E-state index < -0.39 is 0 Å². The first kappa shape index (κ1) is 16.4. The van der Waals surface area contributed by atoms with Gasteiger partial charge in [0.2, 0.25) is 0 Å². The van der Waals surface area contributed by atoms with Crippen LogP contribution in [0.5, 0.6) is 11.5 Å². The maximum absolute atomic E-state index is 5.89. The van der Waals surface area contributed by atoms with E-state index in [2.05, 4.69) is 36.1 Å². The fraction of sp³-hybridized carbons (Fsp3) is 0.400. The van der Waals surface area contributed by atoms with Gasteiger partial charge in [-0.2, -0.15) is 0 Å². The van der Waals surface area contributed by atoms with E-state index in [1.807, 2.05) is 24.3 Å². The normalized spacial score (nSPS) is 16.4. The Kier molecular flexibility index (Phi) is 5.58. The lowest BCUT2D eigenvalue weighted by Gasteiger charge is -2.18. The topological polar surface area (TPSA) is 12.5 Å². The second-order valence-electron chi connectivity index (χ2n) is 6.36. The third-order valence-corrected chi connectivity index (χ3v) is 4.83. The van der Waals surface area contributed by atoms with Crippen molar-refractivity contribution in [2.45, 2.75) is 32.1 Å². The molecule has 0 aromatic heterocycles.